The molecule has 1 aromatic rings. The molecule has 0 aliphatic carbocycles. The number of morpholine rings is 1. The van der Waals surface area contributed by atoms with Crippen molar-refractivity contribution in [1.82, 2.24) is 15.5 Å². The van der Waals surface area contributed by atoms with E-state index < -0.39 is 0 Å². The molecule has 0 radical (unpaired) electrons. The SMILES string of the molecule is CCOCCOCc1cccc(CNC(=NC)NCC(CC(C)C)N2CCOCC2)c1.I. The molecule has 0 spiro atoms. The van der Waals surface area contributed by atoms with Crippen molar-refractivity contribution >= 4 is 29.9 Å². The number of benzene rings is 1. The van der Waals surface area contributed by atoms with Crippen LogP contribution in [0.4, 0.5) is 0 Å². The molecule has 0 bridgehead atoms. The topological polar surface area (TPSA) is 67.4 Å². The van der Waals surface area contributed by atoms with E-state index in [2.05, 4.69) is 58.6 Å². The maximum absolute atomic E-state index is 5.68. The number of guanidine groups is 1. The van der Waals surface area contributed by atoms with Gasteiger partial charge in [0.1, 0.15) is 0 Å². The van der Waals surface area contributed by atoms with Gasteiger partial charge >= 0.3 is 0 Å². The number of nitrogens with one attached hydrogen (secondary N) is 2. The second-order valence-corrected chi connectivity index (χ2v) is 8.31. The highest BCUT2D eigenvalue weighted by Gasteiger charge is 2.22. The van der Waals surface area contributed by atoms with E-state index in [-0.39, 0.29) is 24.0 Å². The molecule has 2 N–H and O–H groups in total. The quantitative estimate of drug-likeness (QED) is 0.167. The zero-order valence-corrected chi connectivity index (χ0v) is 22.6. The molecule has 2 rings (SSSR count). The van der Waals surface area contributed by atoms with Crippen LogP contribution in [0.25, 0.3) is 0 Å². The van der Waals surface area contributed by atoms with Gasteiger partial charge in [0.05, 0.1) is 33.0 Å². The van der Waals surface area contributed by atoms with Crippen molar-refractivity contribution in [3.63, 3.8) is 0 Å². The predicted molar refractivity (Wildman–Crippen MR) is 142 cm³/mol. The number of halogens is 1. The average molecular weight is 563 g/mol. The Labute approximate surface area is 211 Å². The number of rotatable bonds is 13. The van der Waals surface area contributed by atoms with Crippen LogP contribution in [-0.2, 0) is 27.4 Å². The summed E-state index contributed by atoms with van der Waals surface area (Å²) in [6.45, 7) is 14.4. The average Bonchev–Trinajstić information content (AvgIpc) is 2.79. The molecule has 0 aromatic heterocycles. The van der Waals surface area contributed by atoms with E-state index in [0.29, 0.717) is 31.8 Å². The highest BCUT2D eigenvalue weighted by Crippen LogP contribution is 2.13. The summed E-state index contributed by atoms with van der Waals surface area (Å²) < 4.78 is 16.5. The maximum atomic E-state index is 5.68. The van der Waals surface area contributed by atoms with Gasteiger partial charge < -0.3 is 24.8 Å². The third-order valence-corrected chi connectivity index (χ3v) is 5.33. The highest BCUT2D eigenvalue weighted by molar-refractivity contribution is 14.0. The molecule has 1 unspecified atom stereocenters. The van der Waals surface area contributed by atoms with E-state index in [1.807, 2.05) is 14.0 Å². The molecule has 1 heterocycles. The molecule has 32 heavy (non-hydrogen) atoms. The van der Waals surface area contributed by atoms with Gasteiger partial charge in [-0.1, -0.05) is 38.1 Å². The van der Waals surface area contributed by atoms with Crippen molar-refractivity contribution in [3.05, 3.63) is 35.4 Å². The van der Waals surface area contributed by atoms with E-state index >= 15 is 0 Å². The van der Waals surface area contributed by atoms with Crippen LogP contribution in [0.15, 0.2) is 29.3 Å². The van der Waals surface area contributed by atoms with Gasteiger partial charge in [-0.05, 0) is 30.4 Å². The molecule has 0 amide bonds. The zero-order chi connectivity index (χ0) is 22.3. The van der Waals surface area contributed by atoms with Crippen LogP contribution < -0.4 is 10.6 Å². The van der Waals surface area contributed by atoms with Crippen molar-refractivity contribution < 1.29 is 14.2 Å². The van der Waals surface area contributed by atoms with Crippen molar-refractivity contribution in [2.45, 2.75) is 46.4 Å². The monoisotopic (exact) mass is 562 g/mol. The van der Waals surface area contributed by atoms with E-state index in [9.17, 15) is 0 Å². The molecule has 7 nitrogen and oxygen atoms in total. The van der Waals surface area contributed by atoms with E-state index in [1.165, 1.54) is 11.1 Å². The molecule has 184 valence electrons. The van der Waals surface area contributed by atoms with Crippen LogP contribution in [0.1, 0.15) is 38.3 Å². The van der Waals surface area contributed by atoms with Crippen LogP contribution in [0.5, 0.6) is 0 Å². The molecular formula is C24H43IN4O3. The van der Waals surface area contributed by atoms with Gasteiger partial charge in [0.15, 0.2) is 5.96 Å². The normalized spacial score (nSPS) is 16.0. The smallest absolute Gasteiger partial charge is 0.191 e. The lowest BCUT2D eigenvalue weighted by molar-refractivity contribution is 0.0132. The number of hydrogen-bond acceptors (Lipinski definition) is 5. The second-order valence-electron chi connectivity index (χ2n) is 8.31. The summed E-state index contributed by atoms with van der Waals surface area (Å²) in [4.78, 5) is 6.95. The number of nitrogens with zero attached hydrogens (tertiary/aromatic N) is 2. The Kier molecular flexibility index (Phi) is 15.9. The third-order valence-electron chi connectivity index (χ3n) is 5.33. The lowest BCUT2D eigenvalue weighted by atomic mass is 10.0. The standard InChI is InChI=1S/C24H42N4O3.HI/c1-5-29-13-14-31-19-22-8-6-7-21(16-22)17-26-24(25-4)27-18-23(15-20(2)3)28-9-11-30-12-10-28;/h6-8,16,20,23H,5,9-15,17-19H2,1-4H3,(H2,25,26,27);1H. The van der Waals surface area contributed by atoms with Gasteiger partial charge in [0.25, 0.3) is 0 Å². The van der Waals surface area contributed by atoms with Crippen LogP contribution in [0.2, 0.25) is 0 Å². The number of ether oxygens (including phenoxy) is 3. The van der Waals surface area contributed by atoms with Gasteiger partial charge in [-0.25, -0.2) is 0 Å². The largest absolute Gasteiger partial charge is 0.379 e. The molecule has 1 aromatic carbocycles. The van der Waals surface area contributed by atoms with Crippen molar-refractivity contribution in [2.24, 2.45) is 10.9 Å². The van der Waals surface area contributed by atoms with Gasteiger partial charge in [-0.2, -0.15) is 0 Å². The Bertz CT molecular complexity index is 639. The summed E-state index contributed by atoms with van der Waals surface area (Å²) in [6, 6.07) is 8.96. The number of aliphatic imine (C=N–C) groups is 1. The zero-order valence-electron chi connectivity index (χ0n) is 20.3. The van der Waals surface area contributed by atoms with E-state index in [4.69, 9.17) is 14.2 Å². The Hall–Kier alpha value is -0.940. The summed E-state index contributed by atoms with van der Waals surface area (Å²) in [6.07, 6.45) is 1.16. The first-order chi connectivity index (χ1) is 15.1. The summed E-state index contributed by atoms with van der Waals surface area (Å²) in [7, 11) is 1.82. The summed E-state index contributed by atoms with van der Waals surface area (Å²) in [5.41, 5.74) is 2.38. The maximum Gasteiger partial charge on any atom is 0.191 e. The van der Waals surface area contributed by atoms with Crippen molar-refractivity contribution in [2.75, 3.05) is 59.7 Å². The van der Waals surface area contributed by atoms with Gasteiger partial charge in [0.2, 0.25) is 0 Å². The first-order valence-electron chi connectivity index (χ1n) is 11.6. The first-order valence-corrected chi connectivity index (χ1v) is 11.6. The molecule has 1 saturated heterocycles. The molecule has 1 aliphatic heterocycles. The summed E-state index contributed by atoms with van der Waals surface area (Å²) >= 11 is 0. The highest BCUT2D eigenvalue weighted by atomic mass is 127. The molecule has 1 aliphatic rings. The Morgan fingerprint density at radius 1 is 1.12 bits per heavy atom. The predicted octanol–water partition coefficient (Wildman–Crippen LogP) is 3.27. The summed E-state index contributed by atoms with van der Waals surface area (Å²) in [5, 5.41) is 6.97. The lowest BCUT2D eigenvalue weighted by Crippen LogP contribution is -2.50. The van der Waals surface area contributed by atoms with E-state index in [1.54, 1.807) is 0 Å². The fourth-order valence-electron chi connectivity index (χ4n) is 3.75. The fourth-order valence-corrected chi connectivity index (χ4v) is 3.75. The minimum atomic E-state index is 0. The van der Waals surface area contributed by atoms with Gasteiger partial charge in [-0.3, -0.25) is 9.89 Å². The first kappa shape index (κ1) is 29.1. The Morgan fingerprint density at radius 2 is 1.84 bits per heavy atom. The minimum absolute atomic E-state index is 0. The van der Waals surface area contributed by atoms with E-state index in [0.717, 1.165) is 58.4 Å². The fraction of sp³-hybridized carbons (Fsp3) is 0.708. The molecule has 1 atom stereocenters. The third kappa shape index (κ3) is 11.8. The van der Waals surface area contributed by atoms with Crippen molar-refractivity contribution in [1.29, 1.82) is 0 Å². The minimum Gasteiger partial charge on any atom is -0.379 e. The van der Waals surface area contributed by atoms with Crippen LogP contribution >= 0.6 is 24.0 Å². The lowest BCUT2D eigenvalue weighted by Gasteiger charge is -2.35. The molecule has 1 fully saturated rings. The van der Waals surface area contributed by atoms with Crippen LogP contribution in [0, 0.1) is 5.92 Å². The second kappa shape index (κ2) is 17.5. The molecule has 0 saturated carbocycles. The van der Waals surface area contributed by atoms with Crippen LogP contribution in [0.3, 0.4) is 0 Å². The molecule has 8 heteroatoms. The Morgan fingerprint density at radius 3 is 2.53 bits per heavy atom. The molecular weight excluding hydrogens is 519 g/mol. The van der Waals surface area contributed by atoms with Gasteiger partial charge in [0, 0.05) is 45.9 Å². The van der Waals surface area contributed by atoms with Crippen LogP contribution in [-0.4, -0.2) is 76.6 Å². The van der Waals surface area contributed by atoms with Crippen molar-refractivity contribution in [3.8, 4) is 0 Å². The van der Waals surface area contributed by atoms with Gasteiger partial charge in [-0.15, -0.1) is 24.0 Å². The summed E-state index contributed by atoms with van der Waals surface area (Å²) in [5.74, 6) is 1.49. The number of hydrogen-bond donors (Lipinski definition) is 2. The Balaban J connectivity index is 0.00000512.